The molecule has 1 aliphatic carbocycles. The molecule has 0 saturated heterocycles. The summed E-state index contributed by atoms with van der Waals surface area (Å²) in [5.41, 5.74) is 5.09. The van der Waals surface area contributed by atoms with Crippen LogP contribution in [0.1, 0.15) is 47.6 Å². The molecular formula is C21H26N2O. The van der Waals surface area contributed by atoms with E-state index >= 15 is 0 Å². The van der Waals surface area contributed by atoms with E-state index in [1.807, 2.05) is 12.1 Å². The second kappa shape index (κ2) is 7.04. The summed E-state index contributed by atoms with van der Waals surface area (Å²) in [7, 11) is 0. The van der Waals surface area contributed by atoms with Crippen molar-refractivity contribution in [3.05, 3.63) is 65.0 Å². The zero-order chi connectivity index (χ0) is 16.4. The van der Waals surface area contributed by atoms with Crippen LogP contribution in [0.25, 0.3) is 0 Å². The Morgan fingerprint density at radius 1 is 1.12 bits per heavy atom. The third-order valence-electron chi connectivity index (χ3n) is 5.70. The lowest BCUT2D eigenvalue weighted by atomic mass is 9.91. The van der Waals surface area contributed by atoms with Crippen LogP contribution in [0, 0.1) is 0 Å². The van der Waals surface area contributed by atoms with Gasteiger partial charge in [-0.2, -0.15) is 0 Å². The van der Waals surface area contributed by atoms with Crippen LogP contribution < -0.4 is 0 Å². The summed E-state index contributed by atoms with van der Waals surface area (Å²) in [5.74, 6) is 0. The van der Waals surface area contributed by atoms with Gasteiger partial charge in [-0.1, -0.05) is 30.7 Å². The zero-order valence-corrected chi connectivity index (χ0v) is 14.2. The third-order valence-corrected chi connectivity index (χ3v) is 5.70. The number of aliphatic hydroxyl groups is 1. The molecule has 3 nitrogen and oxygen atoms in total. The van der Waals surface area contributed by atoms with E-state index in [4.69, 9.17) is 0 Å². The van der Waals surface area contributed by atoms with Gasteiger partial charge in [0.05, 0.1) is 6.10 Å². The highest BCUT2D eigenvalue weighted by molar-refractivity contribution is 5.34. The molecule has 2 aromatic rings. The summed E-state index contributed by atoms with van der Waals surface area (Å²) >= 11 is 0. The standard InChI is InChI=1S/C21H26N2O/c24-21(19-3-2-10-22-15-19)14-16-6-7-17-8-11-23(20-4-1-5-20)12-9-18(17)13-16/h2-3,6-7,10,13,15,20-21,24H,1,4-5,8-9,11-12,14H2. The van der Waals surface area contributed by atoms with E-state index in [1.54, 1.807) is 12.4 Å². The summed E-state index contributed by atoms with van der Waals surface area (Å²) in [6, 6.07) is 11.5. The smallest absolute Gasteiger partial charge is 0.0845 e. The molecule has 24 heavy (non-hydrogen) atoms. The molecular weight excluding hydrogens is 296 g/mol. The van der Waals surface area contributed by atoms with Crippen molar-refractivity contribution >= 4 is 0 Å². The topological polar surface area (TPSA) is 36.4 Å². The highest BCUT2D eigenvalue weighted by Crippen LogP contribution is 2.28. The van der Waals surface area contributed by atoms with Crippen molar-refractivity contribution in [1.82, 2.24) is 9.88 Å². The summed E-state index contributed by atoms with van der Waals surface area (Å²) in [6.45, 7) is 2.39. The minimum atomic E-state index is -0.478. The fourth-order valence-electron chi connectivity index (χ4n) is 3.95. The van der Waals surface area contributed by atoms with Crippen LogP contribution in [0.15, 0.2) is 42.7 Å². The van der Waals surface area contributed by atoms with Crippen LogP contribution in [-0.2, 0) is 19.3 Å². The molecule has 0 spiro atoms. The molecule has 2 aliphatic rings. The van der Waals surface area contributed by atoms with Crippen molar-refractivity contribution in [2.45, 2.75) is 50.7 Å². The monoisotopic (exact) mass is 322 g/mol. The predicted octanol–water partition coefficient (Wildman–Crippen LogP) is 3.31. The number of benzene rings is 1. The second-order valence-corrected chi connectivity index (χ2v) is 7.23. The number of hydrogen-bond acceptors (Lipinski definition) is 3. The minimum Gasteiger partial charge on any atom is -0.388 e. The van der Waals surface area contributed by atoms with Crippen LogP contribution in [-0.4, -0.2) is 34.1 Å². The molecule has 0 bridgehead atoms. The molecule has 0 amide bonds. The molecule has 0 radical (unpaired) electrons. The van der Waals surface area contributed by atoms with Gasteiger partial charge < -0.3 is 5.11 Å². The van der Waals surface area contributed by atoms with Crippen molar-refractivity contribution in [3.8, 4) is 0 Å². The van der Waals surface area contributed by atoms with E-state index in [2.05, 4.69) is 28.1 Å². The highest BCUT2D eigenvalue weighted by atomic mass is 16.3. The Balaban J connectivity index is 1.45. The Bertz CT molecular complexity index is 681. The lowest BCUT2D eigenvalue weighted by Crippen LogP contribution is -2.41. The SMILES string of the molecule is OC(Cc1ccc2c(c1)CCN(C1CCC1)CC2)c1cccnc1. The maximum absolute atomic E-state index is 10.4. The average molecular weight is 322 g/mol. The van der Waals surface area contributed by atoms with Crippen LogP contribution in [0.5, 0.6) is 0 Å². The summed E-state index contributed by atoms with van der Waals surface area (Å²) in [6.07, 6.45) is 10.2. The number of fused-ring (bicyclic) bond motifs is 1. The predicted molar refractivity (Wildman–Crippen MR) is 96.0 cm³/mol. The first kappa shape index (κ1) is 15.8. The van der Waals surface area contributed by atoms with Gasteiger partial charge in [0.2, 0.25) is 0 Å². The zero-order valence-electron chi connectivity index (χ0n) is 14.2. The molecule has 4 rings (SSSR count). The maximum Gasteiger partial charge on any atom is 0.0845 e. The Kier molecular flexibility index (Phi) is 4.63. The summed E-state index contributed by atoms with van der Waals surface area (Å²) in [4.78, 5) is 6.79. The number of pyridine rings is 1. The Morgan fingerprint density at radius 2 is 1.96 bits per heavy atom. The van der Waals surface area contributed by atoms with Gasteiger partial charge in [0.15, 0.2) is 0 Å². The van der Waals surface area contributed by atoms with Gasteiger partial charge in [0.1, 0.15) is 0 Å². The molecule has 1 aromatic carbocycles. The largest absolute Gasteiger partial charge is 0.388 e. The summed E-state index contributed by atoms with van der Waals surface area (Å²) < 4.78 is 0. The van der Waals surface area contributed by atoms with Crippen molar-refractivity contribution in [1.29, 1.82) is 0 Å². The van der Waals surface area contributed by atoms with Gasteiger partial charge in [0, 0.05) is 37.9 Å². The molecule has 1 N–H and O–H groups in total. The normalized spacial score (nSPS) is 20.0. The molecule has 1 saturated carbocycles. The molecule has 2 heterocycles. The number of aliphatic hydroxyl groups excluding tert-OH is 1. The molecule has 1 fully saturated rings. The van der Waals surface area contributed by atoms with Gasteiger partial charge in [-0.05, 0) is 54.0 Å². The third kappa shape index (κ3) is 3.38. The van der Waals surface area contributed by atoms with Crippen LogP contribution >= 0.6 is 0 Å². The van der Waals surface area contributed by atoms with Crippen molar-refractivity contribution in [3.63, 3.8) is 0 Å². The van der Waals surface area contributed by atoms with E-state index < -0.39 is 6.10 Å². The molecule has 1 atom stereocenters. The van der Waals surface area contributed by atoms with Crippen molar-refractivity contribution in [2.75, 3.05) is 13.1 Å². The van der Waals surface area contributed by atoms with Gasteiger partial charge in [-0.15, -0.1) is 0 Å². The van der Waals surface area contributed by atoms with E-state index in [9.17, 15) is 5.11 Å². The highest BCUT2D eigenvalue weighted by Gasteiger charge is 2.26. The fourth-order valence-corrected chi connectivity index (χ4v) is 3.95. The first-order chi connectivity index (χ1) is 11.8. The van der Waals surface area contributed by atoms with Crippen LogP contribution in [0.2, 0.25) is 0 Å². The molecule has 1 unspecified atom stereocenters. The van der Waals surface area contributed by atoms with E-state index in [1.165, 1.54) is 49.0 Å². The molecule has 1 aromatic heterocycles. The maximum atomic E-state index is 10.4. The van der Waals surface area contributed by atoms with Crippen LogP contribution in [0.4, 0.5) is 0 Å². The number of nitrogens with zero attached hydrogens (tertiary/aromatic N) is 2. The Labute approximate surface area is 144 Å². The average Bonchev–Trinajstić information content (AvgIpc) is 2.77. The van der Waals surface area contributed by atoms with Crippen molar-refractivity contribution < 1.29 is 5.11 Å². The van der Waals surface area contributed by atoms with E-state index in [0.29, 0.717) is 6.42 Å². The first-order valence-electron chi connectivity index (χ1n) is 9.22. The van der Waals surface area contributed by atoms with Gasteiger partial charge in [0.25, 0.3) is 0 Å². The first-order valence-corrected chi connectivity index (χ1v) is 9.22. The molecule has 126 valence electrons. The number of hydrogen-bond donors (Lipinski definition) is 1. The number of rotatable bonds is 4. The van der Waals surface area contributed by atoms with Gasteiger partial charge in [-0.25, -0.2) is 0 Å². The Morgan fingerprint density at radius 3 is 2.67 bits per heavy atom. The number of aromatic nitrogens is 1. The van der Waals surface area contributed by atoms with Crippen LogP contribution in [0.3, 0.4) is 0 Å². The Hall–Kier alpha value is -1.71. The molecule has 3 heteroatoms. The van der Waals surface area contributed by atoms with Gasteiger partial charge in [-0.3, -0.25) is 9.88 Å². The quantitative estimate of drug-likeness (QED) is 0.938. The molecule has 1 aliphatic heterocycles. The minimum absolute atomic E-state index is 0.478. The second-order valence-electron chi connectivity index (χ2n) is 7.23. The summed E-state index contributed by atoms with van der Waals surface area (Å²) in [5, 5.41) is 10.4. The van der Waals surface area contributed by atoms with Gasteiger partial charge >= 0.3 is 0 Å². The van der Waals surface area contributed by atoms with E-state index in [0.717, 1.165) is 24.4 Å². The fraction of sp³-hybridized carbons (Fsp3) is 0.476. The van der Waals surface area contributed by atoms with Crippen molar-refractivity contribution in [2.24, 2.45) is 0 Å². The lowest BCUT2D eigenvalue weighted by Gasteiger charge is -2.36. The van der Waals surface area contributed by atoms with E-state index in [-0.39, 0.29) is 0 Å². The lowest BCUT2D eigenvalue weighted by molar-refractivity contribution is 0.133.